The monoisotopic (exact) mass is 415 g/mol. The third-order valence-corrected chi connectivity index (χ3v) is 4.66. The maximum atomic E-state index is 13.5. The van der Waals surface area contributed by atoms with Gasteiger partial charge in [-0.3, -0.25) is 4.98 Å². The minimum atomic E-state index is -0.318. The van der Waals surface area contributed by atoms with Crippen LogP contribution < -0.4 is 21.9 Å². The number of pyridine rings is 1. The topological polar surface area (TPSA) is 101 Å². The summed E-state index contributed by atoms with van der Waals surface area (Å²) >= 11 is 0. The van der Waals surface area contributed by atoms with Gasteiger partial charge in [0.25, 0.3) is 0 Å². The van der Waals surface area contributed by atoms with E-state index in [1.54, 1.807) is 24.5 Å². The molecular formula is C23H22FN7. The van der Waals surface area contributed by atoms with Crippen molar-refractivity contribution in [1.29, 1.82) is 0 Å². The van der Waals surface area contributed by atoms with E-state index in [1.807, 2.05) is 42.5 Å². The summed E-state index contributed by atoms with van der Waals surface area (Å²) in [6, 6.07) is 19.7. The third-order valence-electron chi connectivity index (χ3n) is 4.66. The molecule has 0 aliphatic rings. The van der Waals surface area contributed by atoms with E-state index in [9.17, 15) is 4.39 Å². The molecular weight excluding hydrogens is 393 g/mol. The molecule has 4 aromatic rings. The first kappa shape index (κ1) is 20.2. The average molecular weight is 415 g/mol. The van der Waals surface area contributed by atoms with Gasteiger partial charge < -0.3 is 16.1 Å². The lowest BCUT2D eigenvalue weighted by atomic mass is 10.1. The first-order valence-electron chi connectivity index (χ1n) is 9.82. The van der Waals surface area contributed by atoms with Crippen molar-refractivity contribution in [2.75, 3.05) is 22.6 Å². The molecule has 0 saturated heterocycles. The average Bonchev–Trinajstić information content (AvgIpc) is 2.81. The van der Waals surface area contributed by atoms with Crippen molar-refractivity contribution in [3.63, 3.8) is 0 Å². The third kappa shape index (κ3) is 5.12. The predicted octanol–water partition coefficient (Wildman–Crippen LogP) is 4.36. The molecule has 0 spiro atoms. The number of para-hydroxylation sites is 1. The molecule has 31 heavy (non-hydrogen) atoms. The number of nitrogens with one attached hydrogen (secondary N) is 3. The highest BCUT2D eigenvalue weighted by atomic mass is 19.1. The lowest BCUT2D eigenvalue weighted by molar-refractivity contribution is 0.628. The number of nitrogens with zero attached hydrogens (tertiary/aromatic N) is 3. The molecule has 0 amide bonds. The lowest BCUT2D eigenvalue weighted by Gasteiger charge is -2.17. The normalized spacial score (nSPS) is 10.5. The fraction of sp³-hybridized carbons (Fsp3) is 0.0870. The number of nitrogen functional groups attached to an aromatic ring is 1. The maximum Gasteiger partial charge on any atom is 0.231 e. The van der Waals surface area contributed by atoms with E-state index in [4.69, 9.17) is 5.84 Å². The Labute approximate surface area is 179 Å². The van der Waals surface area contributed by atoms with Gasteiger partial charge in [0.2, 0.25) is 5.95 Å². The Morgan fingerprint density at radius 2 is 1.55 bits per heavy atom. The van der Waals surface area contributed by atoms with Crippen molar-refractivity contribution in [3.8, 4) is 11.1 Å². The minimum Gasteiger partial charge on any atom is -0.369 e. The zero-order valence-electron chi connectivity index (χ0n) is 16.7. The molecule has 0 fully saturated rings. The van der Waals surface area contributed by atoms with Gasteiger partial charge in [0, 0.05) is 24.6 Å². The van der Waals surface area contributed by atoms with Crippen LogP contribution >= 0.6 is 0 Å². The summed E-state index contributed by atoms with van der Waals surface area (Å²) in [5.41, 5.74) is 6.06. The van der Waals surface area contributed by atoms with Gasteiger partial charge in [-0.1, -0.05) is 30.3 Å². The van der Waals surface area contributed by atoms with Crippen LogP contribution in [0.1, 0.15) is 5.56 Å². The van der Waals surface area contributed by atoms with E-state index in [-0.39, 0.29) is 5.82 Å². The Morgan fingerprint density at radius 3 is 2.26 bits per heavy atom. The number of hydrogen-bond acceptors (Lipinski definition) is 7. The van der Waals surface area contributed by atoms with Gasteiger partial charge in [0.05, 0.1) is 5.56 Å². The molecule has 2 aromatic heterocycles. The van der Waals surface area contributed by atoms with E-state index in [1.165, 1.54) is 12.1 Å². The second-order valence-electron chi connectivity index (χ2n) is 6.79. The van der Waals surface area contributed by atoms with E-state index in [0.717, 1.165) is 23.2 Å². The van der Waals surface area contributed by atoms with E-state index in [2.05, 4.69) is 31.0 Å². The van der Waals surface area contributed by atoms with Crippen LogP contribution in [0, 0.1) is 5.82 Å². The molecule has 2 aromatic carbocycles. The Balaban J connectivity index is 1.68. The second kappa shape index (κ2) is 9.64. The number of anilines is 4. The quantitative estimate of drug-likeness (QED) is 0.251. The first-order valence-corrected chi connectivity index (χ1v) is 9.82. The second-order valence-corrected chi connectivity index (χ2v) is 6.79. The standard InChI is InChI=1S/C23H22FN7/c24-18-8-6-17(7-9-18)20-21(27-15-12-16-10-13-26-14-11-16)29-23(30-22(20)31-25)28-19-4-2-1-3-5-19/h1-11,13-14H,12,15,25H2,(H3,27,28,29,30,31). The fourth-order valence-electron chi connectivity index (χ4n) is 3.16. The molecule has 4 rings (SSSR count). The Kier molecular flexibility index (Phi) is 6.29. The number of halogens is 1. The Bertz CT molecular complexity index is 1120. The molecule has 0 aliphatic heterocycles. The number of hydrogen-bond donors (Lipinski definition) is 4. The molecule has 0 radical (unpaired) electrons. The zero-order chi connectivity index (χ0) is 21.5. The molecule has 0 atom stereocenters. The van der Waals surface area contributed by atoms with Crippen molar-refractivity contribution < 1.29 is 4.39 Å². The van der Waals surface area contributed by atoms with Crippen molar-refractivity contribution >= 4 is 23.3 Å². The van der Waals surface area contributed by atoms with Gasteiger partial charge >= 0.3 is 0 Å². The highest BCUT2D eigenvalue weighted by Crippen LogP contribution is 2.34. The SMILES string of the molecule is NNc1nc(Nc2ccccc2)nc(NCCc2ccncc2)c1-c1ccc(F)cc1. The minimum absolute atomic E-state index is 0.318. The van der Waals surface area contributed by atoms with Crippen LogP contribution in [0.25, 0.3) is 11.1 Å². The largest absolute Gasteiger partial charge is 0.369 e. The van der Waals surface area contributed by atoms with Crippen LogP contribution in [0.2, 0.25) is 0 Å². The Morgan fingerprint density at radius 1 is 0.839 bits per heavy atom. The predicted molar refractivity (Wildman–Crippen MR) is 121 cm³/mol. The number of hydrazine groups is 1. The van der Waals surface area contributed by atoms with Crippen LogP contribution in [-0.2, 0) is 6.42 Å². The van der Waals surface area contributed by atoms with Crippen molar-refractivity contribution in [1.82, 2.24) is 15.0 Å². The smallest absolute Gasteiger partial charge is 0.231 e. The van der Waals surface area contributed by atoms with Crippen molar-refractivity contribution in [2.24, 2.45) is 5.84 Å². The summed E-state index contributed by atoms with van der Waals surface area (Å²) < 4.78 is 13.5. The van der Waals surface area contributed by atoms with Gasteiger partial charge in [-0.15, -0.1) is 0 Å². The molecule has 8 heteroatoms. The number of benzene rings is 2. The van der Waals surface area contributed by atoms with Crippen LogP contribution in [0.5, 0.6) is 0 Å². The van der Waals surface area contributed by atoms with Gasteiger partial charge in [-0.25, -0.2) is 10.2 Å². The van der Waals surface area contributed by atoms with Gasteiger partial charge in [0.15, 0.2) is 5.82 Å². The molecule has 5 N–H and O–H groups in total. The van der Waals surface area contributed by atoms with Crippen LogP contribution in [0.15, 0.2) is 79.1 Å². The van der Waals surface area contributed by atoms with Crippen molar-refractivity contribution in [3.05, 3.63) is 90.5 Å². The van der Waals surface area contributed by atoms with Gasteiger partial charge in [-0.05, 0) is 53.9 Å². The van der Waals surface area contributed by atoms with E-state index >= 15 is 0 Å². The molecule has 2 heterocycles. The molecule has 0 bridgehead atoms. The summed E-state index contributed by atoms with van der Waals surface area (Å²) in [6.07, 6.45) is 4.31. The summed E-state index contributed by atoms with van der Waals surface area (Å²) in [5, 5.41) is 6.56. The van der Waals surface area contributed by atoms with Gasteiger partial charge in [0.1, 0.15) is 11.6 Å². The highest BCUT2D eigenvalue weighted by Gasteiger charge is 2.16. The van der Waals surface area contributed by atoms with E-state index in [0.29, 0.717) is 29.7 Å². The first-order chi connectivity index (χ1) is 15.2. The molecule has 0 aliphatic carbocycles. The van der Waals surface area contributed by atoms with Crippen LogP contribution in [0.3, 0.4) is 0 Å². The fourth-order valence-corrected chi connectivity index (χ4v) is 3.16. The maximum absolute atomic E-state index is 13.5. The van der Waals surface area contributed by atoms with Gasteiger partial charge in [-0.2, -0.15) is 9.97 Å². The van der Waals surface area contributed by atoms with Crippen LogP contribution in [-0.4, -0.2) is 21.5 Å². The molecule has 7 nitrogen and oxygen atoms in total. The summed E-state index contributed by atoms with van der Waals surface area (Å²) in [7, 11) is 0. The molecule has 0 saturated carbocycles. The van der Waals surface area contributed by atoms with Crippen molar-refractivity contribution in [2.45, 2.75) is 6.42 Å². The van der Waals surface area contributed by atoms with Crippen LogP contribution in [0.4, 0.5) is 27.7 Å². The Hall–Kier alpha value is -4.04. The number of aromatic nitrogens is 3. The summed E-state index contributed by atoms with van der Waals surface area (Å²) in [6.45, 7) is 0.629. The molecule has 0 unspecified atom stereocenters. The number of nitrogens with two attached hydrogens (primary N) is 1. The number of rotatable bonds is 8. The summed E-state index contributed by atoms with van der Waals surface area (Å²) in [5.74, 6) is 6.87. The zero-order valence-corrected chi connectivity index (χ0v) is 16.7. The van der Waals surface area contributed by atoms with E-state index < -0.39 is 0 Å². The molecule has 156 valence electrons. The highest BCUT2D eigenvalue weighted by molar-refractivity contribution is 5.85. The summed E-state index contributed by atoms with van der Waals surface area (Å²) in [4.78, 5) is 13.2. The lowest BCUT2D eigenvalue weighted by Crippen LogP contribution is -2.15.